The second kappa shape index (κ2) is 3.32. The summed E-state index contributed by atoms with van der Waals surface area (Å²) in [6.07, 6.45) is 0. The minimum atomic E-state index is -3.54. The van der Waals surface area contributed by atoms with Crippen molar-refractivity contribution < 1.29 is 13.2 Å². The van der Waals surface area contributed by atoms with Gasteiger partial charge in [-0.3, -0.25) is 4.79 Å². The van der Waals surface area contributed by atoms with E-state index in [1.165, 1.54) is 12.1 Å². The summed E-state index contributed by atoms with van der Waals surface area (Å²) in [6.45, 7) is 0. The van der Waals surface area contributed by atoms with Crippen molar-refractivity contribution in [3.05, 3.63) is 30.3 Å². The molecule has 1 amide bonds. The lowest BCUT2D eigenvalue weighted by Crippen LogP contribution is -2.69. The number of benzene rings is 1. The Labute approximate surface area is 87.2 Å². The van der Waals surface area contributed by atoms with Gasteiger partial charge in [-0.25, -0.2) is 8.42 Å². The monoisotopic (exact) mass is 226 g/mol. The average Bonchev–Trinajstić information content (AvgIpc) is 2.26. The average molecular weight is 226 g/mol. The fraction of sp³-hybridized carbons (Fsp3) is 0.222. The van der Waals surface area contributed by atoms with Gasteiger partial charge in [-0.15, -0.1) is 0 Å². The van der Waals surface area contributed by atoms with Crippen LogP contribution in [0.25, 0.3) is 0 Å². The molecule has 1 aromatic carbocycles. The fourth-order valence-corrected chi connectivity index (χ4v) is 3.01. The van der Waals surface area contributed by atoms with Crippen LogP contribution < -0.4 is 11.1 Å². The zero-order valence-corrected chi connectivity index (χ0v) is 8.57. The zero-order chi connectivity index (χ0) is 11.1. The standard InChI is InChI=1S/C9H10N2O3S/c10-7-8(12)11-9(7)15(13,14)6-4-2-1-3-5-6/h1-5,7,9H,10H2,(H,11,12). The lowest BCUT2D eigenvalue weighted by molar-refractivity contribution is -0.128. The summed E-state index contributed by atoms with van der Waals surface area (Å²) < 4.78 is 23.8. The van der Waals surface area contributed by atoms with Crippen molar-refractivity contribution in [2.24, 2.45) is 5.73 Å². The topological polar surface area (TPSA) is 89.3 Å². The third-order valence-corrected chi connectivity index (χ3v) is 4.33. The van der Waals surface area contributed by atoms with E-state index >= 15 is 0 Å². The van der Waals surface area contributed by atoms with Crippen molar-refractivity contribution in [2.75, 3.05) is 0 Å². The molecule has 15 heavy (non-hydrogen) atoms. The molecule has 1 aromatic rings. The predicted octanol–water partition coefficient (Wildman–Crippen LogP) is -0.756. The van der Waals surface area contributed by atoms with Crippen LogP contribution >= 0.6 is 0 Å². The van der Waals surface area contributed by atoms with Gasteiger partial charge in [0, 0.05) is 0 Å². The van der Waals surface area contributed by atoms with Crippen molar-refractivity contribution in [3.8, 4) is 0 Å². The van der Waals surface area contributed by atoms with Crippen molar-refractivity contribution >= 4 is 15.7 Å². The van der Waals surface area contributed by atoms with E-state index in [9.17, 15) is 13.2 Å². The van der Waals surface area contributed by atoms with E-state index in [2.05, 4.69) is 5.32 Å². The first-order chi connectivity index (χ1) is 7.03. The molecule has 5 nitrogen and oxygen atoms in total. The highest BCUT2D eigenvalue weighted by atomic mass is 32.2. The van der Waals surface area contributed by atoms with Crippen LogP contribution in [0.4, 0.5) is 0 Å². The van der Waals surface area contributed by atoms with E-state index in [0.29, 0.717) is 0 Å². The van der Waals surface area contributed by atoms with E-state index in [1.54, 1.807) is 18.2 Å². The highest BCUT2D eigenvalue weighted by molar-refractivity contribution is 7.92. The van der Waals surface area contributed by atoms with Crippen molar-refractivity contribution in [3.63, 3.8) is 0 Å². The van der Waals surface area contributed by atoms with Crippen LogP contribution in [0.15, 0.2) is 35.2 Å². The second-order valence-electron chi connectivity index (χ2n) is 3.31. The van der Waals surface area contributed by atoms with Crippen molar-refractivity contribution in [1.29, 1.82) is 0 Å². The third-order valence-electron chi connectivity index (χ3n) is 2.32. The molecule has 0 aromatic heterocycles. The zero-order valence-electron chi connectivity index (χ0n) is 7.75. The number of nitrogens with two attached hydrogens (primary N) is 1. The number of hydrogen-bond acceptors (Lipinski definition) is 4. The number of carbonyl (C=O) groups is 1. The molecular formula is C9H10N2O3S. The molecule has 0 saturated carbocycles. The summed E-state index contributed by atoms with van der Waals surface area (Å²) in [5, 5.41) is 1.29. The number of amides is 1. The van der Waals surface area contributed by atoms with Crippen molar-refractivity contribution in [1.82, 2.24) is 5.32 Å². The van der Waals surface area contributed by atoms with Gasteiger partial charge in [-0.1, -0.05) is 18.2 Å². The number of β-lactam (4-membered cyclic amide) rings is 1. The molecule has 0 bridgehead atoms. The molecule has 0 aliphatic carbocycles. The lowest BCUT2D eigenvalue weighted by Gasteiger charge is -2.33. The SMILES string of the molecule is NC1C(=O)NC1S(=O)(=O)c1ccccc1. The molecule has 6 heteroatoms. The van der Waals surface area contributed by atoms with Crippen LogP contribution in [0.3, 0.4) is 0 Å². The molecule has 1 heterocycles. The van der Waals surface area contributed by atoms with Crippen LogP contribution in [0.5, 0.6) is 0 Å². The van der Waals surface area contributed by atoms with E-state index in [0.717, 1.165) is 0 Å². The van der Waals surface area contributed by atoms with Crippen LogP contribution in [0, 0.1) is 0 Å². The van der Waals surface area contributed by atoms with Gasteiger partial charge < -0.3 is 11.1 Å². The number of sulfone groups is 1. The maximum Gasteiger partial charge on any atom is 0.241 e. The third kappa shape index (κ3) is 1.51. The Bertz CT molecular complexity index is 483. The van der Waals surface area contributed by atoms with Gasteiger partial charge in [-0.05, 0) is 12.1 Å². The molecule has 2 atom stereocenters. The summed E-state index contributed by atoms with van der Waals surface area (Å²) in [5.41, 5.74) is 5.40. The molecule has 80 valence electrons. The smallest absolute Gasteiger partial charge is 0.241 e. The van der Waals surface area contributed by atoms with Gasteiger partial charge in [0.1, 0.15) is 6.04 Å². The lowest BCUT2D eigenvalue weighted by atomic mass is 10.2. The number of carbonyl (C=O) groups excluding carboxylic acids is 1. The Morgan fingerprint density at radius 1 is 1.20 bits per heavy atom. The van der Waals surface area contributed by atoms with Crippen LogP contribution in [-0.4, -0.2) is 25.7 Å². The Hall–Kier alpha value is -1.40. The van der Waals surface area contributed by atoms with Gasteiger partial charge >= 0.3 is 0 Å². The molecule has 2 unspecified atom stereocenters. The van der Waals surface area contributed by atoms with Crippen LogP contribution in [0.1, 0.15) is 0 Å². The Morgan fingerprint density at radius 2 is 1.80 bits per heavy atom. The van der Waals surface area contributed by atoms with Gasteiger partial charge in [0.15, 0.2) is 5.37 Å². The molecule has 0 spiro atoms. The first-order valence-electron chi connectivity index (χ1n) is 4.38. The van der Waals surface area contributed by atoms with Gasteiger partial charge in [0.05, 0.1) is 4.90 Å². The largest absolute Gasteiger partial charge is 0.336 e. The quantitative estimate of drug-likeness (QED) is 0.649. The van der Waals surface area contributed by atoms with Crippen LogP contribution in [0.2, 0.25) is 0 Å². The van der Waals surface area contributed by atoms with E-state index in [4.69, 9.17) is 5.73 Å². The Morgan fingerprint density at radius 3 is 2.27 bits per heavy atom. The first-order valence-corrected chi connectivity index (χ1v) is 5.93. The number of nitrogens with one attached hydrogen (secondary N) is 1. The molecular weight excluding hydrogens is 216 g/mol. The van der Waals surface area contributed by atoms with E-state index in [-0.39, 0.29) is 4.90 Å². The Kier molecular flexibility index (Phi) is 2.24. The van der Waals surface area contributed by atoms with Gasteiger partial charge in [-0.2, -0.15) is 0 Å². The molecule has 2 rings (SSSR count). The number of rotatable bonds is 2. The second-order valence-corrected chi connectivity index (χ2v) is 5.38. The van der Waals surface area contributed by atoms with E-state index in [1.807, 2.05) is 0 Å². The predicted molar refractivity (Wildman–Crippen MR) is 53.5 cm³/mol. The van der Waals surface area contributed by atoms with E-state index < -0.39 is 27.2 Å². The summed E-state index contributed by atoms with van der Waals surface area (Å²) in [6, 6.07) is 6.96. The molecule has 1 aliphatic rings. The minimum absolute atomic E-state index is 0.172. The summed E-state index contributed by atoms with van der Waals surface area (Å²) in [5.74, 6) is -0.431. The van der Waals surface area contributed by atoms with Gasteiger partial charge in [0.25, 0.3) is 0 Å². The van der Waals surface area contributed by atoms with Gasteiger partial charge in [0.2, 0.25) is 15.7 Å². The maximum atomic E-state index is 11.9. The molecule has 1 saturated heterocycles. The van der Waals surface area contributed by atoms with Crippen molar-refractivity contribution in [2.45, 2.75) is 16.3 Å². The maximum absolute atomic E-state index is 11.9. The first kappa shape index (κ1) is 10.1. The normalized spacial score (nSPS) is 25.5. The molecule has 3 N–H and O–H groups in total. The summed E-state index contributed by atoms with van der Waals surface area (Å²) in [7, 11) is -3.54. The minimum Gasteiger partial charge on any atom is -0.336 e. The molecule has 1 fully saturated rings. The summed E-state index contributed by atoms with van der Waals surface area (Å²) >= 11 is 0. The Balaban J connectivity index is 2.34. The van der Waals surface area contributed by atoms with Crippen LogP contribution in [-0.2, 0) is 14.6 Å². The highest BCUT2D eigenvalue weighted by Gasteiger charge is 2.45. The fourth-order valence-electron chi connectivity index (χ4n) is 1.39. The molecule has 1 aliphatic heterocycles. The summed E-state index contributed by atoms with van der Waals surface area (Å²) in [4.78, 5) is 11.0. The number of hydrogen-bond donors (Lipinski definition) is 2. The molecule has 0 radical (unpaired) electrons. The highest BCUT2D eigenvalue weighted by Crippen LogP contribution is 2.20.